The Balaban J connectivity index is 3.92. The summed E-state index contributed by atoms with van der Waals surface area (Å²) in [7, 11) is 4.35. The van der Waals surface area contributed by atoms with Gasteiger partial charge in [-0.3, -0.25) is 4.79 Å². The van der Waals surface area contributed by atoms with E-state index in [1.165, 1.54) is 26.1 Å². The van der Waals surface area contributed by atoms with Crippen molar-refractivity contribution in [3.05, 3.63) is 0 Å². The number of hydrogen-bond donors (Lipinski definition) is 0. The minimum atomic E-state index is -1.13. The van der Waals surface area contributed by atoms with Crippen LogP contribution >= 0.6 is 0 Å². The molecule has 1 unspecified atom stereocenters. The van der Waals surface area contributed by atoms with Crippen LogP contribution in [0.4, 0.5) is 4.39 Å². The molecule has 0 aliphatic rings. The van der Waals surface area contributed by atoms with Crippen LogP contribution in [0.25, 0.3) is 0 Å². The summed E-state index contributed by atoms with van der Waals surface area (Å²) >= 11 is 0. The Bertz CT molecular complexity index is 129. The Labute approximate surface area is 64.9 Å². The van der Waals surface area contributed by atoms with Gasteiger partial charge in [0.1, 0.15) is 0 Å². The molecule has 0 saturated heterocycles. The third-order valence-corrected chi connectivity index (χ3v) is 1.07. The van der Waals surface area contributed by atoms with E-state index in [4.69, 9.17) is 0 Å². The van der Waals surface area contributed by atoms with Crippen molar-refractivity contribution in [2.24, 2.45) is 0 Å². The minimum absolute atomic E-state index is 0.412. The summed E-state index contributed by atoms with van der Waals surface area (Å²) in [5.74, 6) is -0.412. The molecule has 0 rings (SSSR count). The normalized spacial score (nSPS) is 12.7. The molecule has 0 aromatic carbocycles. The topological polar surface area (TPSA) is 38.8 Å². The number of amides is 1. The average molecular weight is 165 g/mol. The maximum atomic E-state index is 11.6. The molecular formula is C6H12FNO3. The van der Waals surface area contributed by atoms with E-state index in [1.807, 2.05) is 0 Å². The van der Waals surface area contributed by atoms with Crippen LogP contribution in [-0.4, -0.2) is 45.2 Å². The van der Waals surface area contributed by atoms with Crippen molar-refractivity contribution in [2.45, 2.75) is 6.29 Å². The van der Waals surface area contributed by atoms with Crippen molar-refractivity contribution in [1.82, 2.24) is 4.90 Å². The number of likely N-dealkylation sites (N-methyl/N-ethyl adjacent to an activating group) is 1. The Morgan fingerprint density at radius 1 is 1.64 bits per heavy atom. The second-order valence-corrected chi connectivity index (χ2v) is 2.08. The smallest absolute Gasteiger partial charge is 0.279 e. The highest BCUT2D eigenvalue weighted by Crippen LogP contribution is 1.96. The molecule has 0 aliphatic heterocycles. The van der Waals surface area contributed by atoms with E-state index in [0.717, 1.165) is 0 Å². The van der Waals surface area contributed by atoms with Crippen molar-refractivity contribution in [2.75, 3.05) is 28.1 Å². The number of carbonyl (C=O) groups is 1. The molecule has 0 N–H and O–H groups in total. The number of rotatable bonds is 4. The first-order valence-corrected chi connectivity index (χ1v) is 3.05. The van der Waals surface area contributed by atoms with E-state index in [2.05, 4.69) is 9.47 Å². The van der Waals surface area contributed by atoms with E-state index < -0.39 is 19.1 Å². The Hall–Kier alpha value is -0.680. The first-order valence-electron chi connectivity index (χ1n) is 3.05. The Kier molecular flexibility index (Phi) is 4.72. The summed E-state index contributed by atoms with van der Waals surface area (Å²) in [6.07, 6.45) is -1.13. The van der Waals surface area contributed by atoms with E-state index >= 15 is 0 Å². The fourth-order valence-corrected chi connectivity index (χ4v) is 0.508. The number of methoxy groups -OCH3 is 1. The number of nitrogens with zero attached hydrogens (tertiary/aromatic N) is 1. The molecule has 0 aromatic heterocycles. The van der Waals surface area contributed by atoms with Crippen LogP contribution in [0, 0.1) is 0 Å². The second kappa shape index (κ2) is 5.03. The molecule has 66 valence electrons. The molecule has 0 saturated carbocycles. The maximum absolute atomic E-state index is 11.6. The summed E-state index contributed by atoms with van der Waals surface area (Å²) < 4.78 is 20.5. The summed E-state index contributed by atoms with van der Waals surface area (Å²) in [5, 5.41) is 0. The Morgan fingerprint density at radius 2 is 2.18 bits per heavy atom. The van der Waals surface area contributed by atoms with Gasteiger partial charge in [0.25, 0.3) is 5.91 Å². The minimum Gasteiger partial charge on any atom is -0.348 e. The number of alkyl halides is 1. The summed E-state index contributed by atoms with van der Waals surface area (Å²) in [6.45, 7) is -1.03. The SMILES string of the molecule is COC(OCF)C(=O)N(C)C. The van der Waals surface area contributed by atoms with E-state index in [0.29, 0.717) is 0 Å². The zero-order valence-corrected chi connectivity index (χ0v) is 6.83. The van der Waals surface area contributed by atoms with Gasteiger partial charge in [-0.15, -0.1) is 0 Å². The quantitative estimate of drug-likeness (QED) is 0.550. The summed E-state index contributed by atoms with van der Waals surface area (Å²) in [5.41, 5.74) is 0. The lowest BCUT2D eigenvalue weighted by Gasteiger charge is -2.17. The van der Waals surface area contributed by atoms with E-state index in [-0.39, 0.29) is 0 Å². The molecule has 0 heterocycles. The fraction of sp³-hybridized carbons (Fsp3) is 0.833. The third kappa shape index (κ3) is 3.29. The Morgan fingerprint density at radius 3 is 2.45 bits per heavy atom. The molecular weight excluding hydrogens is 153 g/mol. The first-order chi connectivity index (χ1) is 5.13. The van der Waals surface area contributed by atoms with Crippen LogP contribution in [0.1, 0.15) is 0 Å². The van der Waals surface area contributed by atoms with Gasteiger partial charge in [0.2, 0.25) is 6.29 Å². The largest absolute Gasteiger partial charge is 0.348 e. The predicted octanol–water partition coefficient (Wildman–Crippen LogP) is -0.00930. The van der Waals surface area contributed by atoms with Crippen molar-refractivity contribution < 1.29 is 18.7 Å². The maximum Gasteiger partial charge on any atom is 0.279 e. The highest BCUT2D eigenvalue weighted by molar-refractivity contribution is 5.78. The molecule has 0 aliphatic carbocycles. The summed E-state index contributed by atoms with van der Waals surface area (Å²) in [6, 6.07) is 0. The van der Waals surface area contributed by atoms with Crippen molar-refractivity contribution >= 4 is 5.91 Å². The molecule has 0 aromatic rings. The van der Waals surface area contributed by atoms with Crippen LogP contribution < -0.4 is 0 Å². The van der Waals surface area contributed by atoms with Crippen LogP contribution in [0.3, 0.4) is 0 Å². The van der Waals surface area contributed by atoms with E-state index in [1.54, 1.807) is 0 Å². The molecule has 0 fully saturated rings. The van der Waals surface area contributed by atoms with Gasteiger partial charge in [-0.25, -0.2) is 4.39 Å². The van der Waals surface area contributed by atoms with Crippen LogP contribution in [0.5, 0.6) is 0 Å². The molecule has 0 radical (unpaired) electrons. The lowest BCUT2D eigenvalue weighted by Crippen LogP contribution is -2.36. The predicted molar refractivity (Wildman–Crippen MR) is 36.6 cm³/mol. The van der Waals surface area contributed by atoms with Crippen molar-refractivity contribution in [3.8, 4) is 0 Å². The first kappa shape index (κ1) is 10.3. The van der Waals surface area contributed by atoms with Gasteiger partial charge >= 0.3 is 0 Å². The summed E-state index contributed by atoms with van der Waals surface area (Å²) in [4.78, 5) is 12.2. The highest BCUT2D eigenvalue weighted by atomic mass is 19.1. The monoisotopic (exact) mass is 165 g/mol. The molecule has 5 heteroatoms. The lowest BCUT2D eigenvalue weighted by molar-refractivity contribution is -0.182. The van der Waals surface area contributed by atoms with Gasteiger partial charge in [0.05, 0.1) is 0 Å². The second-order valence-electron chi connectivity index (χ2n) is 2.08. The van der Waals surface area contributed by atoms with E-state index in [9.17, 15) is 9.18 Å². The van der Waals surface area contributed by atoms with Gasteiger partial charge in [-0.2, -0.15) is 0 Å². The highest BCUT2D eigenvalue weighted by Gasteiger charge is 2.19. The van der Waals surface area contributed by atoms with Crippen LogP contribution in [-0.2, 0) is 14.3 Å². The number of ether oxygens (including phenoxy) is 2. The number of hydrogen-bond acceptors (Lipinski definition) is 3. The molecule has 1 amide bonds. The average Bonchev–Trinajstić information content (AvgIpc) is 1.98. The van der Waals surface area contributed by atoms with Gasteiger partial charge in [0.15, 0.2) is 6.86 Å². The lowest BCUT2D eigenvalue weighted by atomic mass is 10.5. The number of carbonyl (C=O) groups excluding carboxylic acids is 1. The van der Waals surface area contributed by atoms with Crippen molar-refractivity contribution in [1.29, 1.82) is 0 Å². The van der Waals surface area contributed by atoms with Gasteiger partial charge < -0.3 is 14.4 Å². The van der Waals surface area contributed by atoms with Crippen LogP contribution in [0.15, 0.2) is 0 Å². The zero-order chi connectivity index (χ0) is 8.85. The zero-order valence-electron chi connectivity index (χ0n) is 6.83. The van der Waals surface area contributed by atoms with Crippen LogP contribution in [0.2, 0.25) is 0 Å². The van der Waals surface area contributed by atoms with Gasteiger partial charge in [-0.1, -0.05) is 0 Å². The molecule has 0 bridgehead atoms. The molecule has 4 nitrogen and oxygen atoms in total. The number of halogens is 1. The van der Waals surface area contributed by atoms with Crippen molar-refractivity contribution in [3.63, 3.8) is 0 Å². The fourth-order valence-electron chi connectivity index (χ4n) is 0.508. The van der Waals surface area contributed by atoms with Gasteiger partial charge in [0, 0.05) is 21.2 Å². The third-order valence-electron chi connectivity index (χ3n) is 1.07. The molecule has 0 spiro atoms. The standard InChI is InChI=1S/C6H12FNO3/c1-8(2)5(9)6(10-3)11-4-7/h6H,4H2,1-3H3. The van der Waals surface area contributed by atoms with Gasteiger partial charge in [-0.05, 0) is 0 Å². The molecule has 11 heavy (non-hydrogen) atoms. The molecule has 1 atom stereocenters.